The molecule has 26 heavy (non-hydrogen) atoms. The Morgan fingerprint density at radius 3 is 1.62 bits per heavy atom. The second-order valence-electron chi connectivity index (χ2n) is 7.06. The number of fused-ring (bicyclic) bond motifs is 5. The molecule has 0 spiro atoms. The predicted octanol–water partition coefficient (Wildman–Crippen LogP) is 3.37. The van der Waals surface area contributed by atoms with Crippen molar-refractivity contribution in [1.82, 2.24) is 9.80 Å². The normalized spacial score (nSPS) is 31.8. The zero-order valence-electron chi connectivity index (χ0n) is 14.5. The zero-order valence-corrected chi connectivity index (χ0v) is 15.4. The van der Waals surface area contributed by atoms with Gasteiger partial charge in [0.05, 0.1) is 40.0 Å². The summed E-state index contributed by atoms with van der Waals surface area (Å²) in [6, 6.07) is 0. The third kappa shape index (κ3) is 4.55. The van der Waals surface area contributed by atoms with Gasteiger partial charge in [-0.3, -0.25) is 19.1 Å². The summed E-state index contributed by atoms with van der Waals surface area (Å²) in [4.78, 5) is 28.5. The van der Waals surface area contributed by atoms with Crippen LogP contribution in [0.1, 0.15) is 6.42 Å². The van der Waals surface area contributed by atoms with Crippen LogP contribution in [0, 0.1) is 23.7 Å². The monoisotopic (exact) mass is 407 g/mol. The summed E-state index contributed by atoms with van der Waals surface area (Å²) >= 11 is 0. The van der Waals surface area contributed by atoms with Crippen LogP contribution >= 0.6 is 7.81 Å². The maximum atomic E-state index is 12.6. The molecule has 5 nitrogen and oxygen atoms in total. The van der Waals surface area contributed by atoms with Crippen molar-refractivity contribution in [2.24, 2.45) is 23.7 Å². The number of rotatable bonds is 0. The molecule has 2 fully saturated rings. The van der Waals surface area contributed by atoms with Gasteiger partial charge in [-0.2, -0.15) is 0 Å². The number of hydrogen-bond acceptors (Lipinski definition) is 2. The quantitative estimate of drug-likeness (QED) is 0.118. The van der Waals surface area contributed by atoms with Crippen LogP contribution < -0.4 is 0 Å². The number of carbonyl (C=O) groups is 2. The second-order valence-corrected chi connectivity index (χ2v) is 8.98. The average molecular weight is 407 g/mol. The van der Waals surface area contributed by atoms with Crippen LogP contribution in [0.3, 0.4) is 0 Å². The van der Waals surface area contributed by atoms with E-state index in [4.69, 9.17) is 0 Å². The van der Waals surface area contributed by atoms with Crippen molar-refractivity contribution in [2.45, 2.75) is 6.42 Å². The van der Waals surface area contributed by atoms with Gasteiger partial charge in [0.1, 0.15) is 0 Å². The molecule has 2 aliphatic carbocycles. The Hall–Kier alpha value is -1.64. The van der Waals surface area contributed by atoms with Gasteiger partial charge in [-0.05, 0) is 18.3 Å². The number of hydrogen-bond donors (Lipinski definition) is 0. The first-order valence-corrected chi connectivity index (χ1v) is 9.75. The molecule has 0 radical (unpaired) electrons. The van der Waals surface area contributed by atoms with Gasteiger partial charge in [-0.25, -0.2) is 0 Å². The molecule has 3 rings (SSSR count). The molecule has 0 aromatic rings. The molecule has 2 amide bonds. The van der Waals surface area contributed by atoms with E-state index in [1.54, 1.807) is 0 Å². The number of likely N-dealkylation sites (tertiary alicyclic amines) is 1. The van der Waals surface area contributed by atoms with Gasteiger partial charge in [0.15, 0.2) is 0 Å². The van der Waals surface area contributed by atoms with E-state index < -0.39 is 7.81 Å². The SMILES string of the molecule is CN(C)C(N1C(=O)C2C3C=CC(C3)C2C1=O)=[N+](C)C.F[P-](F)(F)(F)(F)F. The Morgan fingerprint density at radius 2 is 1.35 bits per heavy atom. The van der Waals surface area contributed by atoms with Gasteiger partial charge < -0.3 is 0 Å². The molecule has 0 N–H and O–H groups in total. The number of amides is 2. The first-order valence-electron chi connectivity index (χ1n) is 7.72. The van der Waals surface area contributed by atoms with E-state index in [1.807, 2.05) is 37.7 Å². The number of guanidine groups is 1. The fourth-order valence-corrected chi connectivity index (χ4v) is 3.90. The van der Waals surface area contributed by atoms with Crippen LogP contribution in [-0.4, -0.2) is 60.3 Å². The molecule has 1 saturated carbocycles. The van der Waals surface area contributed by atoms with E-state index in [1.165, 1.54) is 4.90 Å². The molecule has 0 aromatic carbocycles. The van der Waals surface area contributed by atoms with Crippen molar-refractivity contribution in [2.75, 3.05) is 28.2 Å². The average Bonchev–Trinajstić information content (AvgIpc) is 3.03. The maximum absolute atomic E-state index is 12.6. The topological polar surface area (TPSA) is 43.6 Å². The third-order valence-electron chi connectivity index (χ3n) is 4.47. The Morgan fingerprint density at radius 1 is 1.00 bits per heavy atom. The van der Waals surface area contributed by atoms with Gasteiger partial charge in [-0.1, -0.05) is 12.2 Å². The van der Waals surface area contributed by atoms with Crippen molar-refractivity contribution < 1.29 is 39.3 Å². The molecule has 1 aliphatic heterocycles. The van der Waals surface area contributed by atoms with E-state index in [9.17, 15) is 34.8 Å². The molecular weight excluding hydrogens is 387 g/mol. The van der Waals surface area contributed by atoms with Gasteiger partial charge in [0.25, 0.3) is 11.8 Å². The molecule has 4 unspecified atom stereocenters. The van der Waals surface area contributed by atoms with E-state index in [-0.39, 0.29) is 35.5 Å². The summed E-state index contributed by atoms with van der Waals surface area (Å²) in [5.41, 5.74) is 0. The third-order valence-corrected chi connectivity index (χ3v) is 4.47. The Bertz CT molecular complexity index is 670. The number of nitrogens with zero attached hydrogens (tertiary/aromatic N) is 3. The van der Waals surface area contributed by atoms with Crippen LogP contribution in [0.15, 0.2) is 12.2 Å². The number of allylic oxidation sites excluding steroid dienone is 2. The second kappa shape index (κ2) is 5.43. The van der Waals surface area contributed by atoms with Gasteiger partial charge >= 0.3 is 38.9 Å². The number of carbonyl (C=O) groups excluding carboxylic acids is 2. The summed E-state index contributed by atoms with van der Waals surface area (Å²) in [6.07, 6.45) is 5.21. The first kappa shape index (κ1) is 20.7. The minimum atomic E-state index is -10.7. The van der Waals surface area contributed by atoms with Gasteiger partial charge in [0.2, 0.25) is 0 Å². The molecular formula is C14H20F6N3O2P. The molecule has 4 atom stereocenters. The molecule has 1 saturated heterocycles. The standard InChI is InChI=1S/C14H20N3O2.F6P/c1-15(2)14(16(3)4)17-12(18)10-8-5-6-9(7-8)11(10)13(17)19;1-7(2,3,4,5)6/h5-6,8-11H,7H2,1-4H3;/q+1;-1. The number of halogens is 6. The van der Waals surface area contributed by atoms with Crippen molar-refractivity contribution >= 4 is 25.6 Å². The Kier molecular flexibility index (Phi) is 4.32. The summed E-state index contributed by atoms with van der Waals surface area (Å²) < 4.78 is 61.0. The van der Waals surface area contributed by atoms with Crippen LogP contribution in [0.5, 0.6) is 0 Å². The summed E-state index contributed by atoms with van der Waals surface area (Å²) in [5, 5.41) is 0. The molecule has 1 heterocycles. The van der Waals surface area contributed by atoms with E-state index in [0.29, 0.717) is 5.96 Å². The molecule has 2 bridgehead atoms. The van der Waals surface area contributed by atoms with Crippen LogP contribution in [-0.2, 0) is 9.59 Å². The Labute approximate surface area is 146 Å². The summed E-state index contributed by atoms with van der Waals surface area (Å²) in [6.45, 7) is 0. The zero-order chi connectivity index (χ0) is 20.3. The van der Waals surface area contributed by atoms with Crippen molar-refractivity contribution in [3.8, 4) is 0 Å². The molecule has 0 aromatic heterocycles. The van der Waals surface area contributed by atoms with Gasteiger partial charge in [-0.15, -0.1) is 4.90 Å². The summed E-state index contributed by atoms with van der Waals surface area (Å²) in [5.74, 6) is 0.885. The predicted molar refractivity (Wildman–Crippen MR) is 83.9 cm³/mol. The van der Waals surface area contributed by atoms with E-state index in [0.717, 1.165) is 6.42 Å². The molecule has 150 valence electrons. The molecule has 12 heteroatoms. The van der Waals surface area contributed by atoms with E-state index >= 15 is 0 Å². The van der Waals surface area contributed by atoms with Crippen molar-refractivity contribution in [3.63, 3.8) is 0 Å². The minimum absolute atomic E-state index is 0.0238. The van der Waals surface area contributed by atoms with Crippen LogP contribution in [0.2, 0.25) is 0 Å². The van der Waals surface area contributed by atoms with Crippen LogP contribution in [0.25, 0.3) is 0 Å². The van der Waals surface area contributed by atoms with Crippen molar-refractivity contribution in [3.05, 3.63) is 12.2 Å². The summed E-state index contributed by atoms with van der Waals surface area (Å²) in [7, 11) is -3.23. The van der Waals surface area contributed by atoms with Gasteiger partial charge in [0, 0.05) is 0 Å². The van der Waals surface area contributed by atoms with E-state index in [2.05, 4.69) is 12.2 Å². The fraction of sp³-hybridized carbons (Fsp3) is 0.643. The van der Waals surface area contributed by atoms with Crippen molar-refractivity contribution in [1.29, 1.82) is 0 Å². The Balaban J connectivity index is 0.000000298. The molecule has 3 aliphatic rings. The first-order chi connectivity index (χ1) is 11.4. The van der Waals surface area contributed by atoms with Crippen LogP contribution in [0.4, 0.5) is 25.2 Å². The number of imide groups is 1. The fourth-order valence-electron chi connectivity index (χ4n) is 3.90.